The van der Waals surface area contributed by atoms with Crippen molar-refractivity contribution in [3.8, 4) is 0 Å². The van der Waals surface area contributed by atoms with Crippen molar-refractivity contribution in [2.24, 2.45) is 5.14 Å². The van der Waals surface area contributed by atoms with Crippen LogP contribution in [0.4, 0.5) is 0 Å². The maximum atomic E-state index is 10.8. The Kier molecular flexibility index (Phi) is 5.00. The van der Waals surface area contributed by atoms with Crippen LogP contribution in [0.15, 0.2) is 28.7 Å². The summed E-state index contributed by atoms with van der Waals surface area (Å²) in [6, 6.07) is 8.93. The van der Waals surface area contributed by atoms with Crippen LogP contribution >= 0.6 is 15.9 Å². The monoisotopic (exact) mass is 346 g/mol. The third kappa shape index (κ3) is 4.87. The van der Waals surface area contributed by atoms with Gasteiger partial charge in [-0.05, 0) is 49.4 Å². The second-order valence-corrected chi connectivity index (χ2v) is 7.74. The van der Waals surface area contributed by atoms with Gasteiger partial charge in [0.25, 0.3) is 0 Å². The molecule has 106 valence electrons. The van der Waals surface area contributed by atoms with Gasteiger partial charge in [-0.3, -0.25) is 0 Å². The average molecular weight is 347 g/mol. The van der Waals surface area contributed by atoms with Crippen LogP contribution in [0.1, 0.15) is 30.7 Å². The minimum absolute atomic E-state index is 0.0573. The standard InChI is InChI=1S/C13H19BrN2O2S/c14-12-4-1-3-10(7-12)11-8-13(9-11)16-5-2-6-19(15,17)18/h1,3-4,7,11,13,16H,2,5-6,8-9H2,(H2,15,17,18). The summed E-state index contributed by atoms with van der Waals surface area (Å²) in [5, 5.41) is 8.33. The molecule has 0 heterocycles. The second kappa shape index (κ2) is 6.35. The van der Waals surface area contributed by atoms with Gasteiger partial charge in [0.2, 0.25) is 10.0 Å². The molecule has 0 saturated heterocycles. The number of nitrogens with two attached hydrogens (primary N) is 1. The van der Waals surface area contributed by atoms with E-state index in [-0.39, 0.29) is 5.75 Å². The Labute approximate surface area is 122 Å². The Hall–Kier alpha value is -0.430. The molecule has 1 aliphatic carbocycles. The fourth-order valence-corrected chi connectivity index (χ4v) is 3.36. The highest BCUT2D eigenvalue weighted by atomic mass is 79.9. The van der Waals surface area contributed by atoms with Gasteiger partial charge in [0, 0.05) is 10.5 Å². The van der Waals surface area contributed by atoms with E-state index < -0.39 is 10.0 Å². The molecule has 1 aromatic rings. The quantitative estimate of drug-likeness (QED) is 0.773. The van der Waals surface area contributed by atoms with Crippen LogP contribution in [0.2, 0.25) is 0 Å². The van der Waals surface area contributed by atoms with Crippen LogP contribution in [0.25, 0.3) is 0 Å². The van der Waals surface area contributed by atoms with Gasteiger partial charge in [0.1, 0.15) is 0 Å². The average Bonchev–Trinajstić information content (AvgIpc) is 2.24. The lowest BCUT2D eigenvalue weighted by Gasteiger charge is -2.36. The van der Waals surface area contributed by atoms with Crippen molar-refractivity contribution in [3.05, 3.63) is 34.3 Å². The second-order valence-electron chi connectivity index (χ2n) is 5.09. The molecule has 0 atom stereocenters. The summed E-state index contributed by atoms with van der Waals surface area (Å²) in [6.07, 6.45) is 2.81. The summed E-state index contributed by atoms with van der Waals surface area (Å²) in [4.78, 5) is 0. The van der Waals surface area contributed by atoms with E-state index in [2.05, 4.69) is 39.4 Å². The number of hydrogen-bond acceptors (Lipinski definition) is 3. The largest absolute Gasteiger partial charge is 0.314 e. The molecule has 0 aromatic heterocycles. The molecule has 0 unspecified atom stereocenters. The summed E-state index contributed by atoms with van der Waals surface area (Å²) < 4.78 is 22.7. The molecule has 1 aromatic carbocycles. The summed E-state index contributed by atoms with van der Waals surface area (Å²) in [5.41, 5.74) is 1.37. The Balaban J connectivity index is 1.67. The fourth-order valence-electron chi connectivity index (χ4n) is 2.40. The molecule has 0 amide bonds. The van der Waals surface area contributed by atoms with E-state index in [1.807, 2.05) is 6.07 Å². The van der Waals surface area contributed by atoms with Crippen LogP contribution in [0, 0.1) is 0 Å². The van der Waals surface area contributed by atoms with Crippen molar-refractivity contribution in [1.29, 1.82) is 0 Å². The molecule has 1 fully saturated rings. The number of primary sulfonamides is 1. The zero-order valence-electron chi connectivity index (χ0n) is 10.7. The lowest BCUT2D eigenvalue weighted by Crippen LogP contribution is -2.41. The maximum Gasteiger partial charge on any atom is 0.209 e. The highest BCUT2D eigenvalue weighted by Gasteiger charge is 2.29. The van der Waals surface area contributed by atoms with Crippen molar-refractivity contribution in [2.45, 2.75) is 31.2 Å². The van der Waals surface area contributed by atoms with Crippen LogP contribution in [-0.4, -0.2) is 26.8 Å². The first-order valence-electron chi connectivity index (χ1n) is 6.43. The molecule has 0 spiro atoms. The maximum absolute atomic E-state index is 10.8. The molecule has 0 bridgehead atoms. The molecular formula is C13H19BrN2O2S. The zero-order chi connectivity index (χ0) is 13.9. The fraction of sp³-hybridized carbons (Fsp3) is 0.538. The van der Waals surface area contributed by atoms with Crippen LogP contribution < -0.4 is 10.5 Å². The van der Waals surface area contributed by atoms with E-state index in [0.717, 1.165) is 17.3 Å². The van der Waals surface area contributed by atoms with Gasteiger partial charge >= 0.3 is 0 Å². The summed E-state index contributed by atoms with van der Waals surface area (Å²) >= 11 is 3.48. The van der Waals surface area contributed by atoms with E-state index in [0.29, 0.717) is 24.9 Å². The molecule has 0 aliphatic heterocycles. The minimum Gasteiger partial charge on any atom is -0.314 e. The molecule has 4 nitrogen and oxygen atoms in total. The zero-order valence-corrected chi connectivity index (χ0v) is 13.1. The SMILES string of the molecule is NS(=O)(=O)CCCNC1CC(c2cccc(Br)c2)C1. The number of benzene rings is 1. The van der Waals surface area contributed by atoms with Crippen molar-refractivity contribution < 1.29 is 8.42 Å². The van der Waals surface area contributed by atoms with Crippen LogP contribution in [0.3, 0.4) is 0 Å². The molecule has 6 heteroatoms. The van der Waals surface area contributed by atoms with Crippen molar-refractivity contribution in [3.63, 3.8) is 0 Å². The van der Waals surface area contributed by atoms with Crippen LogP contribution in [0.5, 0.6) is 0 Å². The smallest absolute Gasteiger partial charge is 0.209 e. The highest BCUT2D eigenvalue weighted by Crippen LogP contribution is 2.37. The molecule has 3 N–H and O–H groups in total. The lowest BCUT2D eigenvalue weighted by molar-refractivity contribution is 0.292. The van der Waals surface area contributed by atoms with Gasteiger partial charge in [-0.25, -0.2) is 13.6 Å². The third-order valence-electron chi connectivity index (χ3n) is 3.50. The first-order valence-corrected chi connectivity index (χ1v) is 8.94. The van der Waals surface area contributed by atoms with E-state index in [1.54, 1.807) is 0 Å². The summed E-state index contributed by atoms with van der Waals surface area (Å²) in [6.45, 7) is 0.715. The Morgan fingerprint density at radius 3 is 2.74 bits per heavy atom. The number of nitrogens with one attached hydrogen (secondary N) is 1. The summed E-state index contributed by atoms with van der Waals surface area (Å²) in [5.74, 6) is 0.676. The molecular weight excluding hydrogens is 328 g/mol. The summed E-state index contributed by atoms with van der Waals surface area (Å²) in [7, 11) is -3.31. The Bertz CT molecular complexity index is 527. The molecule has 19 heavy (non-hydrogen) atoms. The third-order valence-corrected chi connectivity index (χ3v) is 4.85. The molecule has 1 saturated carbocycles. The first-order chi connectivity index (χ1) is 8.94. The van der Waals surface area contributed by atoms with Gasteiger partial charge in [-0.1, -0.05) is 28.1 Å². The van der Waals surface area contributed by atoms with Crippen molar-refractivity contribution in [1.82, 2.24) is 5.32 Å². The lowest BCUT2D eigenvalue weighted by atomic mass is 9.76. The van der Waals surface area contributed by atoms with E-state index in [9.17, 15) is 8.42 Å². The Morgan fingerprint density at radius 2 is 2.11 bits per heavy atom. The number of hydrogen-bond donors (Lipinski definition) is 2. The van der Waals surface area contributed by atoms with Gasteiger partial charge < -0.3 is 5.32 Å². The minimum atomic E-state index is -3.31. The van der Waals surface area contributed by atoms with Crippen molar-refractivity contribution in [2.75, 3.05) is 12.3 Å². The Morgan fingerprint density at radius 1 is 1.37 bits per heavy atom. The van der Waals surface area contributed by atoms with Gasteiger partial charge in [-0.2, -0.15) is 0 Å². The molecule has 2 rings (SSSR count). The van der Waals surface area contributed by atoms with Crippen LogP contribution in [-0.2, 0) is 10.0 Å². The highest BCUT2D eigenvalue weighted by molar-refractivity contribution is 9.10. The van der Waals surface area contributed by atoms with E-state index in [1.165, 1.54) is 5.56 Å². The molecule has 1 aliphatic rings. The first kappa shape index (κ1) is 15.0. The van der Waals surface area contributed by atoms with Crippen molar-refractivity contribution >= 4 is 26.0 Å². The van der Waals surface area contributed by atoms with Gasteiger partial charge in [-0.15, -0.1) is 0 Å². The predicted molar refractivity (Wildman–Crippen MR) is 80.5 cm³/mol. The predicted octanol–water partition coefficient (Wildman–Crippen LogP) is 1.96. The number of sulfonamides is 1. The van der Waals surface area contributed by atoms with Gasteiger partial charge in [0.15, 0.2) is 0 Å². The molecule has 0 radical (unpaired) electrons. The number of halogens is 1. The topological polar surface area (TPSA) is 72.2 Å². The van der Waals surface area contributed by atoms with E-state index in [4.69, 9.17) is 5.14 Å². The number of rotatable bonds is 6. The van der Waals surface area contributed by atoms with E-state index >= 15 is 0 Å². The van der Waals surface area contributed by atoms with Gasteiger partial charge in [0.05, 0.1) is 5.75 Å². The normalized spacial score (nSPS) is 23.1.